The van der Waals surface area contributed by atoms with Crippen molar-refractivity contribution in [3.63, 3.8) is 0 Å². The topological polar surface area (TPSA) is 104 Å². The summed E-state index contributed by atoms with van der Waals surface area (Å²) in [6.45, 7) is 3.35. The number of alkyl halides is 2. The molecule has 2 aromatic carbocycles. The lowest BCUT2D eigenvalue weighted by atomic mass is 9.74. The number of aryl methyl sites for hydroxylation is 1. The van der Waals surface area contributed by atoms with Crippen LogP contribution in [0.5, 0.6) is 5.75 Å². The third-order valence-electron chi connectivity index (χ3n) is 9.44. The molecule has 3 aliphatic heterocycles. The highest BCUT2D eigenvalue weighted by Gasteiger charge is 2.50. The van der Waals surface area contributed by atoms with Gasteiger partial charge < -0.3 is 25.2 Å². The van der Waals surface area contributed by atoms with Gasteiger partial charge in [-0.15, -0.1) is 0 Å². The molecule has 1 spiro atoms. The van der Waals surface area contributed by atoms with E-state index in [4.69, 9.17) is 0 Å². The first kappa shape index (κ1) is 30.9. The molecule has 3 aliphatic rings. The molecule has 0 saturated carbocycles. The van der Waals surface area contributed by atoms with Crippen molar-refractivity contribution < 1.29 is 31.9 Å². The van der Waals surface area contributed by atoms with Crippen molar-refractivity contribution in [2.24, 2.45) is 11.3 Å². The standard InChI is InChI=1S/C33H33F4N7O3/c1-2-19-13-21(3-4-22(19)31(46)42-10-7-20(8-11-42)30(45)43-17-33(18-43)15-38-16-33)41-28-29-40-14-24(44(29)12-9-39-28)23-5-6-25(47-32(36)37)27(35)26(23)34/h3-6,9,12-14,20,32,38H,2,7-8,10-11,15-18H2,1H3,(H,39,41). The molecule has 10 nitrogen and oxygen atoms in total. The summed E-state index contributed by atoms with van der Waals surface area (Å²) in [5.74, 6) is -3.36. The lowest BCUT2D eigenvalue weighted by molar-refractivity contribution is -0.152. The van der Waals surface area contributed by atoms with Crippen LogP contribution in [0, 0.1) is 23.0 Å². The second-order valence-electron chi connectivity index (χ2n) is 12.4. The summed E-state index contributed by atoms with van der Waals surface area (Å²) in [6.07, 6.45) is 6.21. The normalized spacial score (nSPS) is 17.6. The van der Waals surface area contributed by atoms with Gasteiger partial charge in [-0.25, -0.2) is 14.4 Å². The van der Waals surface area contributed by atoms with Gasteiger partial charge in [0.05, 0.1) is 11.9 Å². The fourth-order valence-electron chi connectivity index (χ4n) is 6.81. The summed E-state index contributed by atoms with van der Waals surface area (Å²) in [7, 11) is 0. The molecule has 0 radical (unpaired) electrons. The number of fused-ring (bicyclic) bond motifs is 1. The van der Waals surface area contributed by atoms with E-state index < -0.39 is 24.0 Å². The number of ether oxygens (including phenoxy) is 1. The van der Waals surface area contributed by atoms with Crippen LogP contribution in [0.1, 0.15) is 35.7 Å². The van der Waals surface area contributed by atoms with Gasteiger partial charge in [0.15, 0.2) is 23.0 Å². The van der Waals surface area contributed by atoms with Gasteiger partial charge in [-0.2, -0.15) is 13.2 Å². The molecule has 246 valence electrons. The highest BCUT2D eigenvalue weighted by atomic mass is 19.3. The Morgan fingerprint density at radius 1 is 1.06 bits per heavy atom. The van der Waals surface area contributed by atoms with E-state index in [2.05, 4.69) is 25.3 Å². The van der Waals surface area contributed by atoms with E-state index in [1.165, 1.54) is 23.0 Å². The van der Waals surface area contributed by atoms with Crippen molar-refractivity contribution in [3.8, 4) is 17.0 Å². The van der Waals surface area contributed by atoms with Crippen LogP contribution in [0.3, 0.4) is 0 Å². The number of nitrogens with one attached hydrogen (secondary N) is 2. The number of rotatable bonds is 8. The van der Waals surface area contributed by atoms with Gasteiger partial charge in [-0.05, 0) is 55.2 Å². The van der Waals surface area contributed by atoms with Crippen molar-refractivity contribution in [1.82, 2.24) is 29.5 Å². The number of amides is 2. The number of carbonyl (C=O) groups excluding carboxylic acids is 2. The molecule has 7 rings (SSSR count). The average molecular weight is 652 g/mol. The Kier molecular flexibility index (Phi) is 7.98. The molecule has 4 aromatic rings. The second kappa shape index (κ2) is 12.1. The summed E-state index contributed by atoms with van der Waals surface area (Å²) in [4.78, 5) is 39.1. The van der Waals surface area contributed by atoms with Gasteiger partial charge >= 0.3 is 6.61 Å². The van der Waals surface area contributed by atoms with E-state index in [-0.39, 0.29) is 29.0 Å². The fraction of sp³-hybridized carbons (Fsp3) is 0.394. The molecule has 3 saturated heterocycles. The number of halogens is 4. The Labute approximate surface area is 267 Å². The first-order valence-electron chi connectivity index (χ1n) is 15.6. The number of hydrogen-bond acceptors (Lipinski definition) is 7. The number of hydrogen-bond donors (Lipinski definition) is 2. The van der Waals surface area contributed by atoms with Crippen LogP contribution in [-0.4, -0.2) is 81.9 Å². The minimum absolute atomic E-state index is 0.0468. The Morgan fingerprint density at radius 3 is 2.51 bits per heavy atom. The van der Waals surface area contributed by atoms with Crippen molar-refractivity contribution in [1.29, 1.82) is 0 Å². The molecule has 2 amide bonds. The fourth-order valence-corrected chi connectivity index (χ4v) is 6.81. The average Bonchev–Trinajstić information content (AvgIpc) is 3.46. The van der Waals surface area contributed by atoms with E-state index >= 15 is 0 Å². The van der Waals surface area contributed by atoms with Crippen LogP contribution in [0.25, 0.3) is 16.9 Å². The maximum Gasteiger partial charge on any atom is 0.387 e. The van der Waals surface area contributed by atoms with Gasteiger partial charge in [0.25, 0.3) is 5.91 Å². The molecule has 2 aromatic heterocycles. The summed E-state index contributed by atoms with van der Waals surface area (Å²) < 4.78 is 60.0. The van der Waals surface area contributed by atoms with Crippen LogP contribution in [0.15, 0.2) is 48.9 Å². The third kappa shape index (κ3) is 5.64. The monoisotopic (exact) mass is 651 g/mol. The predicted molar refractivity (Wildman–Crippen MR) is 165 cm³/mol. The minimum Gasteiger partial charge on any atom is -0.432 e. The van der Waals surface area contributed by atoms with Crippen LogP contribution in [-0.2, 0) is 11.2 Å². The molecule has 0 bridgehead atoms. The minimum atomic E-state index is -3.30. The molecule has 14 heteroatoms. The van der Waals surface area contributed by atoms with Gasteiger partial charge in [-0.1, -0.05) is 6.92 Å². The van der Waals surface area contributed by atoms with Crippen molar-refractivity contribution in [2.45, 2.75) is 32.8 Å². The number of nitrogens with zero attached hydrogens (tertiary/aromatic N) is 5. The van der Waals surface area contributed by atoms with E-state index in [9.17, 15) is 27.2 Å². The summed E-state index contributed by atoms with van der Waals surface area (Å²) >= 11 is 0. The number of imidazole rings is 1. The molecule has 47 heavy (non-hydrogen) atoms. The van der Waals surface area contributed by atoms with E-state index in [1.54, 1.807) is 12.1 Å². The van der Waals surface area contributed by atoms with Crippen LogP contribution < -0.4 is 15.4 Å². The highest BCUT2D eigenvalue weighted by Crippen LogP contribution is 2.36. The number of piperidine rings is 1. The third-order valence-corrected chi connectivity index (χ3v) is 9.44. The zero-order valence-electron chi connectivity index (χ0n) is 25.6. The van der Waals surface area contributed by atoms with Crippen molar-refractivity contribution in [3.05, 3.63) is 71.7 Å². The second-order valence-corrected chi connectivity index (χ2v) is 12.4. The Balaban J connectivity index is 1.04. The number of benzene rings is 2. The molecule has 2 N–H and O–H groups in total. The maximum atomic E-state index is 14.9. The number of carbonyl (C=O) groups is 2. The highest BCUT2D eigenvalue weighted by molar-refractivity contribution is 5.96. The largest absolute Gasteiger partial charge is 0.432 e. The molecule has 0 unspecified atom stereocenters. The molecular weight excluding hydrogens is 618 g/mol. The van der Waals surface area contributed by atoms with Crippen molar-refractivity contribution >= 4 is 29.0 Å². The van der Waals surface area contributed by atoms with Crippen LogP contribution in [0.2, 0.25) is 0 Å². The number of anilines is 2. The van der Waals surface area contributed by atoms with Crippen LogP contribution >= 0.6 is 0 Å². The smallest absolute Gasteiger partial charge is 0.387 e. The van der Waals surface area contributed by atoms with Crippen molar-refractivity contribution in [2.75, 3.05) is 44.6 Å². The van der Waals surface area contributed by atoms with E-state index in [1.807, 2.05) is 22.8 Å². The zero-order chi connectivity index (χ0) is 32.9. The summed E-state index contributed by atoms with van der Waals surface area (Å²) in [5, 5.41) is 6.50. The molecule has 0 atom stereocenters. The lowest BCUT2D eigenvalue weighted by Crippen LogP contribution is -2.72. The Morgan fingerprint density at radius 2 is 1.83 bits per heavy atom. The summed E-state index contributed by atoms with van der Waals surface area (Å²) in [6, 6.07) is 7.48. The molecular formula is C33H33F4N7O3. The van der Waals surface area contributed by atoms with Gasteiger partial charge in [0, 0.05) is 79.8 Å². The molecule has 0 aliphatic carbocycles. The molecule has 3 fully saturated rings. The first-order valence-corrected chi connectivity index (χ1v) is 15.6. The molecule has 5 heterocycles. The number of aromatic nitrogens is 3. The Hall–Kier alpha value is -4.72. The quantitative estimate of drug-likeness (QED) is 0.262. The lowest BCUT2D eigenvalue weighted by Gasteiger charge is -2.56. The SMILES string of the molecule is CCc1cc(Nc2nccn3c(-c4ccc(OC(F)F)c(F)c4F)cnc23)ccc1C(=O)N1CCC(C(=O)N2CC3(CNC3)C2)CC1. The van der Waals surface area contributed by atoms with Gasteiger partial charge in [0.1, 0.15) is 0 Å². The maximum absolute atomic E-state index is 14.9. The predicted octanol–water partition coefficient (Wildman–Crippen LogP) is 4.87. The van der Waals surface area contributed by atoms with Gasteiger partial charge in [0.2, 0.25) is 11.7 Å². The number of likely N-dealkylation sites (tertiary alicyclic amines) is 2. The van der Waals surface area contributed by atoms with Crippen LogP contribution in [0.4, 0.5) is 29.1 Å². The van der Waals surface area contributed by atoms with Gasteiger partial charge in [-0.3, -0.25) is 14.0 Å². The van der Waals surface area contributed by atoms with E-state index in [0.29, 0.717) is 60.5 Å². The van der Waals surface area contributed by atoms with E-state index in [0.717, 1.165) is 43.9 Å². The Bertz CT molecular complexity index is 1850. The first-order chi connectivity index (χ1) is 22.7. The zero-order valence-corrected chi connectivity index (χ0v) is 25.6. The summed E-state index contributed by atoms with van der Waals surface area (Å²) in [5.41, 5.74) is 2.65.